The van der Waals surface area contributed by atoms with Gasteiger partial charge in [0.25, 0.3) is 0 Å². The van der Waals surface area contributed by atoms with Crippen molar-refractivity contribution in [2.45, 2.75) is 52.2 Å². The fourth-order valence-electron chi connectivity index (χ4n) is 2.76. The van der Waals surface area contributed by atoms with E-state index in [-0.39, 0.29) is 6.04 Å². The van der Waals surface area contributed by atoms with E-state index in [1.807, 2.05) is 13.0 Å². The van der Waals surface area contributed by atoms with Crippen molar-refractivity contribution in [3.63, 3.8) is 0 Å². The Balaban J connectivity index is 1.67. The molecule has 0 spiro atoms. The SMILES string of the molecule is Cc1ccc(CN[C@@H](C)c2nnc3n2CCCC3)cc1Cl. The zero-order chi connectivity index (χ0) is 14.8. The van der Waals surface area contributed by atoms with Gasteiger partial charge in [-0.2, -0.15) is 0 Å². The van der Waals surface area contributed by atoms with Gasteiger partial charge in [-0.1, -0.05) is 23.7 Å². The van der Waals surface area contributed by atoms with Crippen LogP contribution in [0.25, 0.3) is 0 Å². The number of hydrogen-bond acceptors (Lipinski definition) is 3. The van der Waals surface area contributed by atoms with Crippen LogP contribution in [-0.4, -0.2) is 14.8 Å². The van der Waals surface area contributed by atoms with Crippen molar-refractivity contribution < 1.29 is 0 Å². The minimum atomic E-state index is 0.185. The minimum absolute atomic E-state index is 0.185. The Kier molecular flexibility index (Phi) is 4.27. The van der Waals surface area contributed by atoms with Crippen LogP contribution in [0.3, 0.4) is 0 Å². The predicted octanol–water partition coefficient (Wildman–Crippen LogP) is 3.43. The van der Waals surface area contributed by atoms with Crippen LogP contribution in [-0.2, 0) is 19.5 Å². The summed E-state index contributed by atoms with van der Waals surface area (Å²) in [5.41, 5.74) is 2.30. The molecule has 1 aliphatic heterocycles. The van der Waals surface area contributed by atoms with Crippen molar-refractivity contribution in [3.05, 3.63) is 46.0 Å². The van der Waals surface area contributed by atoms with Crippen molar-refractivity contribution in [1.29, 1.82) is 0 Å². The lowest BCUT2D eigenvalue weighted by atomic mass is 10.1. The molecule has 0 saturated heterocycles. The number of fused-ring (bicyclic) bond motifs is 1. The highest BCUT2D eigenvalue weighted by molar-refractivity contribution is 6.31. The third-order valence-electron chi connectivity index (χ3n) is 4.12. The van der Waals surface area contributed by atoms with Gasteiger partial charge < -0.3 is 9.88 Å². The summed E-state index contributed by atoms with van der Waals surface area (Å²) in [6.07, 6.45) is 3.49. The molecule has 0 saturated carbocycles. The maximum atomic E-state index is 6.17. The summed E-state index contributed by atoms with van der Waals surface area (Å²) in [7, 11) is 0. The van der Waals surface area contributed by atoms with Gasteiger partial charge in [-0.15, -0.1) is 10.2 Å². The molecule has 0 unspecified atom stereocenters. The Hall–Kier alpha value is -1.39. The Morgan fingerprint density at radius 3 is 3.00 bits per heavy atom. The summed E-state index contributed by atoms with van der Waals surface area (Å²) in [5, 5.41) is 13.0. The zero-order valence-corrected chi connectivity index (χ0v) is 13.3. The first-order valence-electron chi connectivity index (χ1n) is 7.55. The molecule has 112 valence electrons. The summed E-state index contributed by atoms with van der Waals surface area (Å²) in [4.78, 5) is 0. The highest BCUT2D eigenvalue weighted by atomic mass is 35.5. The molecule has 1 N–H and O–H groups in total. The monoisotopic (exact) mass is 304 g/mol. The lowest BCUT2D eigenvalue weighted by molar-refractivity contribution is 0.465. The first-order valence-corrected chi connectivity index (χ1v) is 7.93. The molecule has 3 rings (SSSR count). The maximum absolute atomic E-state index is 6.17. The van der Waals surface area contributed by atoms with E-state index in [2.05, 4.69) is 39.1 Å². The molecule has 1 aromatic heterocycles. The van der Waals surface area contributed by atoms with Crippen molar-refractivity contribution in [2.24, 2.45) is 0 Å². The average molecular weight is 305 g/mol. The van der Waals surface area contributed by atoms with Crippen LogP contribution in [0.5, 0.6) is 0 Å². The van der Waals surface area contributed by atoms with Crippen LogP contribution in [0, 0.1) is 6.92 Å². The van der Waals surface area contributed by atoms with Gasteiger partial charge in [-0.25, -0.2) is 0 Å². The summed E-state index contributed by atoms with van der Waals surface area (Å²) in [6, 6.07) is 6.38. The predicted molar refractivity (Wildman–Crippen MR) is 84.4 cm³/mol. The Morgan fingerprint density at radius 2 is 2.19 bits per heavy atom. The van der Waals surface area contributed by atoms with Crippen LogP contribution >= 0.6 is 11.6 Å². The third-order valence-corrected chi connectivity index (χ3v) is 4.53. The number of hydrogen-bond donors (Lipinski definition) is 1. The summed E-state index contributed by atoms with van der Waals surface area (Å²) >= 11 is 6.17. The van der Waals surface area contributed by atoms with E-state index in [0.29, 0.717) is 0 Å². The Labute approximate surface area is 130 Å². The third kappa shape index (κ3) is 3.11. The Bertz CT molecular complexity index is 635. The maximum Gasteiger partial charge on any atom is 0.149 e. The second-order valence-electron chi connectivity index (χ2n) is 5.77. The molecule has 1 aliphatic rings. The number of halogens is 1. The van der Waals surface area contributed by atoms with E-state index in [1.165, 1.54) is 18.4 Å². The van der Waals surface area contributed by atoms with Gasteiger partial charge in [0.15, 0.2) is 0 Å². The number of aromatic nitrogens is 3. The second-order valence-corrected chi connectivity index (χ2v) is 6.18. The lowest BCUT2D eigenvalue weighted by Gasteiger charge is -2.19. The van der Waals surface area contributed by atoms with Crippen molar-refractivity contribution in [2.75, 3.05) is 0 Å². The molecule has 5 heteroatoms. The van der Waals surface area contributed by atoms with E-state index in [1.54, 1.807) is 0 Å². The van der Waals surface area contributed by atoms with E-state index in [9.17, 15) is 0 Å². The smallest absolute Gasteiger partial charge is 0.149 e. The fraction of sp³-hybridized carbons (Fsp3) is 0.500. The molecule has 0 radical (unpaired) electrons. The molecule has 0 amide bonds. The normalized spacial score (nSPS) is 15.8. The quantitative estimate of drug-likeness (QED) is 0.941. The molecular formula is C16H21ClN4. The zero-order valence-electron chi connectivity index (χ0n) is 12.6. The lowest BCUT2D eigenvalue weighted by Crippen LogP contribution is -2.23. The van der Waals surface area contributed by atoms with E-state index >= 15 is 0 Å². The fourth-order valence-corrected chi connectivity index (χ4v) is 2.96. The van der Waals surface area contributed by atoms with Gasteiger partial charge in [0.05, 0.1) is 6.04 Å². The van der Waals surface area contributed by atoms with Gasteiger partial charge >= 0.3 is 0 Å². The van der Waals surface area contributed by atoms with Crippen LogP contribution in [0.4, 0.5) is 0 Å². The van der Waals surface area contributed by atoms with Crippen molar-refractivity contribution >= 4 is 11.6 Å². The summed E-state index contributed by atoms with van der Waals surface area (Å²) in [5.74, 6) is 2.17. The van der Waals surface area contributed by atoms with Crippen molar-refractivity contribution in [1.82, 2.24) is 20.1 Å². The highest BCUT2D eigenvalue weighted by Crippen LogP contribution is 2.20. The first-order chi connectivity index (χ1) is 10.1. The summed E-state index contributed by atoms with van der Waals surface area (Å²) in [6.45, 7) is 5.98. The molecule has 0 fully saturated rings. The van der Waals surface area contributed by atoms with Crippen LogP contribution in [0.2, 0.25) is 5.02 Å². The molecule has 2 heterocycles. The number of benzene rings is 1. The van der Waals surface area contributed by atoms with Crippen LogP contribution in [0.15, 0.2) is 18.2 Å². The van der Waals surface area contributed by atoms with Gasteiger partial charge in [0.1, 0.15) is 11.6 Å². The van der Waals surface area contributed by atoms with Gasteiger partial charge in [-0.3, -0.25) is 0 Å². The van der Waals surface area contributed by atoms with Gasteiger partial charge in [-0.05, 0) is 43.9 Å². The topological polar surface area (TPSA) is 42.7 Å². The molecule has 0 aliphatic carbocycles. The highest BCUT2D eigenvalue weighted by Gasteiger charge is 2.19. The number of nitrogens with zero attached hydrogens (tertiary/aromatic N) is 3. The molecular weight excluding hydrogens is 284 g/mol. The van der Waals surface area contributed by atoms with Crippen molar-refractivity contribution in [3.8, 4) is 0 Å². The first kappa shape index (κ1) is 14.5. The van der Waals surface area contributed by atoms with E-state index in [0.717, 1.165) is 41.7 Å². The van der Waals surface area contributed by atoms with Gasteiger partial charge in [0, 0.05) is 24.5 Å². The molecule has 1 atom stereocenters. The minimum Gasteiger partial charge on any atom is -0.314 e. The summed E-state index contributed by atoms with van der Waals surface area (Å²) < 4.78 is 2.27. The number of aryl methyl sites for hydroxylation is 2. The Morgan fingerprint density at radius 1 is 1.33 bits per heavy atom. The molecule has 4 nitrogen and oxygen atoms in total. The molecule has 0 bridgehead atoms. The molecule has 1 aromatic carbocycles. The largest absolute Gasteiger partial charge is 0.314 e. The second kappa shape index (κ2) is 6.16. The molecule has 2 aromatic rings. The van der Waals surface area contributed by atoms with Gasteiger partial charge in [0.2, 0.25) is 0 Å². The standard InChI is InChI=1S/C16H21ClN4/c1-11-6-7-13(9-14(11)17)10-18-12(2)16-20-19-15-5-3-4-8-21(15)16/h6-7,9,12,18H,3-5,8,10H2,1-2H3/t12-/m0/s1. The average Bonchev–Trinajstić information content (AvgIpc) is 2.92. The number of nitrogens with one attached hydrogen (secondary N) is 1. The molecule has 21 heavy (non-hydrogen) atoms. The van der Waals surface area contributed by atoms with E-state index in [4.69, 9.17) is 11.6 Å². The van der Waals surface area contributed by atoms with E-state index < -0.39 is 0 Å². The number of rotatable bonds is 4. The van der Waals surface area contributed by atoms with Crippen LogP contribution < -0.4 is 5.32 Å². The van der Waals surface area contributed by atoms with Crippen LogP contribution in [0.1, 0.15) is 48.6 Å².